The lowest BCUT2D eigenvalue weighted by Crippen LogP contribution is -2.48. The Labute approximate surface area is 195 Å². The lowest BCUT2D eigenvalue weighted by Gasteiger charge is -2.32. The van der Waals surface area contributed by atoms with Gasteiger partial charge in [-0.1, -0.05) is 36.6 Å². The number of hydrogen-bond acceptors (Lipinski definition) is 3. The molecule has 1 saturated heterocycles. The van der Waals surface area contributed by atoms with Crippen molar-refractivity contribution in [1.82, 2.24) is 10.2 Å². The standard InChI is InChI=1S/C21H31ClN4O2.HI/c1-2-28-20(27)26-13-9-18(10-14-26)25-19(23)24-15-21(11-3-4-12-21)16-5-7-17(22)8-6-16;/h5-8,18H,2-4,9-15H2,1H3,(H3,23,24,25);1H. The molecule has 2 aliphatic rings. The Morgan fingerprint density at radius 1 is 1.28 bits per heavy atom. The van der Waals surface area contributed by atoms with Crippen LogP contribution in [0.25, 0.3) is 0 Å². The van der Waals surface area contributed by atoms with E-state index in [4.69, 9.17) is 27.1 Å². The second-order valence-electron chi connectivity index (χ2n) is 7.80. The summed E-state index contributed by atoms with van der Waals surface area (Å²) in [7, 11) is 0. The van der Waals surface area contributed by atoms with Gasteiger partial charge in [-0.3, -0.25) is 4.99 Å². The van der Waals surface area contributed by atoms with Crippen molar-refractivity contribution in [2.24, 2.45) is 10.7 Å². The van der Waals surface area contributed by atoms with E-state index >= 15 is 0 Å². The molecule has 6 nitrogen and oxygen atoms in total. The third-order valence-electron chi connectivity index (χ3n) is 5.94. The average molecular weight is 535 g/mol. The highest BCUT2D eigenvalue weighted by molar-refractivity contribution is 14.0. The largest absolute Gasteiger partial charge is 0.450 e. The number of likely N-dealkylation sites (tertiary alicyclic amines) is 1. The van der Waals surface area contributed by atoms with Crippen LogP contribution in [0.5, 0.6) is 0 Å². The van der Waals surface area contributed by atoms with E-state index in [1.54, 1.807) is 4.90 Å². The van der Waals surface area contributed by atoms with Gasteiger partial charge in [0.1, 0.15) is 0 Å². The van der Waals surface area contributed by atoms with Crippen molar-refractivity contribution in [3.8, 4) is 0 Å². The fourth-order valence-corrected chi connectivity index (χ4v) is 4.43. The summed E-state index contributed by atoms with van der Waals surface area (Å²) in [6.45, 7) is 4.28. The SMILES string of the molecule is CCOC(=O)N1CCC(NC(N)=NCC2(c3ccc(Cl)cc3)CCCC2)CC1.I. The van der Waals surface area contributed by atoms with E-state index < -0.39 is 0 Å². The van der Waals surface area contributed by atoms with Gasteiger partial charge in [0.05, 0.1) is 13.2 Å². The zero-order valence-electron chi connectivity index (χ0n) is 17.0. The lowest BCUT2D eigenvalue weighted by molar-refractivity contribution is 0.0963. The molecule has 0 radical (unpaired) electrons. The molecule has 0 unspecified atom stereocenters. The molecule has 162 valence electrons. The summed E-state index contributed by atoms with van der Waals surface area (Å²) in [4.78, 5) is 18.2. The molecule has 0 spiro atoms. The summed E-state index contributed by atoms with van der Waals surface area (Å²) in [6.07, 6.45) is 6.16. The Morgan fingerprint density at radius 3 is 2.48 bits per heavy atom. The minimum absolute atomic E-state index is 0. The summed E-state index contributed by atoms with van der Waals surface area (Å²) >= 11 is 6.06. The van der Waals surface area contributed by atoms with Crippen LogP contribution in [-0.2, 0) is 10.2 Å². The quantitative estimate of drug-likeness (QED) is 0.335. The number of guanidine groups is 1. The van der Waals surface area contributed by atoms with Gasteiger partial charge in [0.15, 0.2) is 5.96 Å². The van der Waals surface area contributed by atoms with Gasteiger partial charge in [0.25, 0.3) is 0 Å². The topological polar surface area (TPSA) is 80.0 Å². The predicted octanol–water partition coefficient (Wildman–Crippen LogP) is 4.30. The number of piperidine rings is 1. The van der Waals surface area contributed by atoms with Crippen LogP contribution in [0.2, 0.25) is 5.02 Å². The number of aliphatic imine (C=N–C) groups is 1. The zero-order valence-corrected chi connectivity index (χ0v) is 20.1. The normalized spacial score (nSPS) is 19.5. The third kappa shape index (κ3) is 6.38. The van der Waals surface area contributed by atoms with E-state index in [-0.39, 0.29) is 41.5 Å². The third-order valence-corrected chi connectivity index (χ3v) is 6.19. The van der Waals surface area contributed by atoms with Crippen molar-refractivity contribution in [2.45, 2.75) is 56.9 Å². The van der Waals surface area contributed by atoms with Crippen LogP contribution in [0.1, 0.15) is 51.0 Å². The molecule has 0 atom stereocenters. The zero-order chi connectivity index (χ0) is 20.0. The van der Waals surface area contributed by atoms with E-state index in [9.17, 15) is 4.79 Å². The molecule has 1 amide bonds. The molecule has 29 heavy (non-hydrogen) atoms. The molecule has 1 aliphatic heterocycles. The number of amides is 1. The van der Waals surface area contributed by atoms with Gasteiger partial charge >= 0.3 is 6.09 Å². The highest BCUT2D eigenvalue weighted by atomic mass is 127. The Morgan fingerprint density at radius 2 is 1.90 bits per heavy atom. The van der Waals surface area contributed by atoms with Crippen molar-refractivity contribution in [2.75, 3.05) is 26.2 Å². The van der Waals surface area contributed by atoms with Crippen molar-refractivity contribution < 1.29 is 9.53 Å². The van der Waals surface area contributed by atoms with Crippen LogP contribution >= 0.6 is 35.6 Å². The van der Waals surface area contributed by atoms with E-state index in [0.29, 0.717) is 32.2 Å². The molecule has 1 heterocycles. The molecule has 0 bridgehead atoms. The van der Waals surface area contributed by atoms with E-state index in [1.165, 1.54) is 18.4 Å². The molecule has 3 N–H and O–H groups in total. The van der Waals surface area contributed by atoms with Crippen LogP contribution in [0, 0.1) is 0 Å². The fraction of sp³-hybridized carbons (Fsp3) is 0.619. The number of rotatable bonds is 5. The first-order valence-electron chi connectivity index (χ1n) is 10.3. The van der Waals surface area contributed by atoms with Crippen LogP contribution < -0.4 is 11.1 Å². The average Bonchev–Trinajstić information content (AvgIpc) is 3.18. The Hall–Kier alpha value is -1.22. The number of halogens is 2. The number of benzene rings is 1. The van der Waals surface area contributed by atoms with E-state index in [2.05, 4.69) is 17.4 Å². The Kier molecular flexibility index (Phi) is 9.33. The smallest absolute Gasteiger partial charge is 0.409 e. The van der Waals surface area contributed by atoms with Gasteiger partial charge in [-0.15, -0.1) is 24.0 Å². The van der Waals surface area contributed by atoms with Crippen LogP contribution in [-0.4, -0.2) is 49.2 Å². The Balaban J connectivity index is 0.00000300. The lowest BCUT2D eigenvalue weighted by atomic mass is 9.79. The van der Waals surface area contributed by atoms with E-state index in [0.717, 1.165) is 30.7 Å². The van der Waals surface area contributed by atoms with Gasteiger partial charge in [-0.25, -0.2) is 4.79 Å². The number of carbonyl (C=O) groups excluding carboxylic acids is 1. The maximum atomic E-state index is 11.8. The van der Waals surface area contributed by atoms with Crippen LogP contribution in [0.4, 0.5) is 4.79 Å². The number of carbonyl (C=O) groups is 1. The second-order valence-corrected chi connectivity index (χ2v) is 8.24. The predicted molar refractivity (Wildman–Crippen MR) is 128 cm³/mol. The first-order valence-corrected chi connectivity index (χ1v) is 10.6. The molecule has 1 aromatic rings. The molecular formula is C21H32ClIN4O2. The first-order chi connectivity index (χ1) is 13.5. The van der Waals surface area contributed by atoms with Gasteiger partial charge in [0, 0.05) is 29.6 Å². The Bertz CT molecular complexity index is 684. The minimum Gasteiger partial charge on any atom is -0.450 e. The number of ether oxygens (including phenoxy) is 1. The molecule has 1 saturated carbocycles. The number of nitrogens with one attached hydrogen (secondary N) is 1. The van der Waals surface area contributed by atoms with Crippen molar-refractivity contribution in [3.63, 3.8) is 0 Å². The van der Waals surface area contributed by atoms with Gasteiger partial charge < -0.3 is 20.7 Å². The van der Waals surface area contributed by atoms with Crippen LogP contribution in [0.15, 0.2) is 29.3 Å². The summed E-state index contributed by atoms with van der Waals surface area (Å²) in [5.41, 5.74) is 7.56. The molecular weight excluding hydrogens is 503 g/mol. The molecule has 3 rings (SSSR count). The molecule has 8 heteroatoms. The summed E-state index contributed by atoms with van der Waals surface area (Å²) in [6, 6.07) is 8.40. The van der Waals surface area contributed by atoms with Gasteiger partial charge in [-0.05, 0) is 50.3 Å². The summed E-state index contributed by atoms with van der Waals surface area (Å²) in [5, 5.41) is 4.10. The first kappa shape index (κ1) is 24.1. The maximum Gasteiger partial charge on any atom is 0.409 e. The number of nitrogens with two attached hydrogens (primary N) is 1. The molecule has 1 aliphatic carbocycles. The molecule has 1 aromatic carbocycles. The van der Waals surface area contributed by atoms with Crippen molar-refractivity contribution >= 4 is 47.6 Å². The van der Waals surface area contributed by atoms with Crippen molar-refractivity contribution in [1.29, 1.82) is 0 Å². The molecule has 2 fully saturated rings. The highest BCUT2D eigenvalue weighted by Crippen LogP contribution is 2.41. The fourth-order valence-electron chi connectivity index (χ4n) is 4.31. The maximum absolute atomic E-state index is 11.8. The second kappa shape index (κ2) is 11.2. The minimum atomic E-state index is -0.228. The van der Waals surface area contributed by atoms with E-state index in [1.807, 2.05) is 19.1 Å². The summed E-state index contributed by atoms with van der Waals surface area (Å²) < 4.78 is 5.06. The molecule has 0 aromatic heterocycles. The van der Waals surface area contributed by atoms with Gasteiger partial charge in [-0.2, -0.15) is 0 Å². The summed E-state index contributed by atoms with van der Waals surface area (Å²) in [5.74, 6) is 0.495. The van der Waals surface area contributed by atoms with Gasteiger partial charge in [0.2, 0.25) is 0 Å². The monoisotopic (exact) mass is 534 g/mol. The highest BCUT2D eigenvalue weighted by Gasteiger charge is 2.35. The number of hydrogen-bond donors (Lipinski definition) is 2. The van der Waals surface area contributed by atoms with Crippen molar-refractivity contribution in [3.05, 3.63) is 34.9 Å². The number of nitrogens with zero attached hydrogens (tertiary/aromatic N) is 2. The van der Waals surface area contributed by atoms with Crippen LogP contribution in [0.3, 0.4) is 0 Å².